The fourth-order valence-corrected chi connectivity index (χ4v) is 0.675. The lowest BCUT2D eigenvalue weighted by molar-refractivity contribution is 0.115. The Morgan fingerprint density at radius 2 is 1.73 bits per heavy atom. The van der Waals surface area contributed by atoms with Gasteiger partial charge in [0.25, 0.3) is 0 Å². The minimum atomic E-state index is -0.511. The summed E-state index contributed by atoms with van der Waals surface area (Å²) in [5.41, 5.74) is 0.700. The molecule has 0 fully saturated rings. The summed E-state index contributed by atoms with van der Waals surface area (Å²) in [6, 6.07) is 0. The van der Waals surface area contributed by atoms with Crippen LogP contribution in [0.5, 0.6) is 0 Å². The molecule has 0 aromatic heterocycles. The van der Waals surface area contributed by atoms with Gasteiger partial charge in [-0.1, -0.05) is 20.4 Å². The fraction of sp³-hybridized carbons (Fsp3) is 0.778. The van der Waals surface area contributed by atoms with Gasteiger partial charge >= 0.3 is 0 Å². The van der Waals surface area contributed by atoms with Gasteiger partial charge in [0, 0.05) is 0 Å². The van der Waals surface area contributed by atoms with E-state index in [0.29, 0.717) is 12.0 Å². The van der Waals surface area contributed by atoms with Crippen LogP contribution in [0.4, 0.5) is 0 Å². The molecule has 2 heteroatoms. The van der Waals surface area contributed by atoms with Gasteiger partial charge in [0.2, 0.25) is 0 Å². The minimum Gasteiger partial charge on any atom is -0.393 e. The third-order valence-electron chi connectivity index (χ3n) is 1.83. The van der Waals surface area contributed by atoms with E-state index in [9.17, 15) is 5.11 Å². The summed E-state index contributed by atoms with van der Waals surface area (Å²) < 4.78 is 0. The summed E-state index contributed by atoms with van der Waals surface area (Å²) in [5.74, 6) is 0.227. The molecule has 0 aromatic carbocycles. The van der Waals surface area contributed by atoms with Crippen molar-refractivity contribution in [3.05, 3.63) is 12.2 Å². The van der Waals surface area contributed by atoms with Crippen LogP contribution in [0.2, 0.25) is 0 Å². The van der Waals surface area contributed by atoms with E-state index in [0.717, 1.165) is 0 Å². The molecule has 0 aliphatic heterocycles. The van der Waals surface area contributed by atoms with Crippen molar-refractivity contribution in [2.75, 3.05) is 0 Å². The lowest BCUT2D eigenvalue weighted by atomic mass is 9.98. The molecule has 2 nitrogen and oxygen atoms in total. The Labute approximate surface area is 68.6 Å². The van der Waals surface area contributed by atoms with E-state index in [2.05, 4.69) is 6.58 Å². The van der Waals surface area contributed by atoms with Crippen molar-refractivity contribution in [2.45, 2.75) is 39.4 Å². The molecule has 0 amide bonds. The average molecular weight is 158 g/mol. The molecule has 0 rings (SSSR count). The second-order valence-electron chi connectivity index (χ2n) is 3.35. The number of aliphatic hydroxyl groups is 2. The highest BCUT2D eigenvalue weighted by Gasteiger charge is 2.12. The largest absolute Gasteiger partial charge is 0.393 e. The van der Waals surface area contributed by atoms with E-state index >= 15 is 0 Å². The van der Waals surface area contributed by atoms with Gasteiger partial charge in [-0.05, 0) is 24.8 Å². The predicted octanol–water partition coefficient (Wildman–Crippen LogP) is 1.33. The van der Waals surface area contributed by atoms with Crippen molar-refractivity contribution in [1.82, 2.24) is 0 Å². The molecule has 0 spiro atoms. The number of rotatable bonds is 4. The fourth-order valence-electron chi connectivity index (χ4n) is 0.675. The van der Waals surface area contributed by atoms with E-state index in [1.807, 2.05) is 13.8 Å². The second kappa shape index (κ2) is 4.52. The molecule has 0 radical (unpaired) electrons. The minimum absolute atomic E-state index is 0.227. The van der Waals surface area contributed by atoms with Crippen molar-refractivity contribution in [3.63, 3.8) is 0 Å². The Hall–Kier alpha value is -0.340. The molecule has 0 aliphatic carbocycles. The summed E-state index contributed by atoms with van der Waals surface area (Å²) >= 11 is 0. The number of hydrogen-bond donors (Lipinski definition) is 2. The molecule has 0 bridgehead atoms. The van der Waals surface area contributed by atoms with Gasteiger partial charge in [-0.2, -0.15) is 0 Å². The normalized spacial score (nSPS) is 16.5. The third-order valence-corrected chi connectivity index (χ3v) is 1.83. The molecule has 0 saturated carbocycles. The molecule has 0 saturated heterocycles. The SMILES string of the molecule is C=C(C[C@@H](O)C(C)C)[C@H](C)O. The lowest BCUT2D eigenvalue weighted by Crippen LogP contribution is -2.18. The van der Waals surface area contributed by atoms with Crippen LogP contribution in [0.25, 0.3) is 0 Å². The molecule has 2 N–H and O–H groups in total. The Balaban J connectivity index is 3.76. The number of aliphatic hydroxyl groups excluding tert-OH is 2. The summed E-state index contributed by atoms with van der Waals surface area (Å²) in [5, 5.41) is 18.4. The molecule has 0 unspecified atom stereocenters. The molecule has 66 valence electrons. The Bertz CT molecular complexity index is 128. The van der Waals surface area contributed by atoms with Crippen molar-refractivity contribution in [2.24, 2.45) is 5.92 Å². The Morgan fingerprint density at radius 1 is 1.27 bits per heavy atom. The van der Waals surface area contributed by atoms with Crippen LogP contribution in [0, 0.1) is 5.92 Å². The zero-order valence-electron chi connectivity index (χ0n) is 7.54. The van der Waals surface area contributed by atoms with Gasteiger partial charge in [-0.3, -0.25) is 0 Å². The molecule has 0 heterocycles. The zero-order valence-corrected chi connectivity index (χ0v) is 7.54. The van der Waals surface area contributed by atoms with E-state index in [4.69, 9.17) is 5.11 Å². The molecule has 2 atom stereocenters. The van der Waals surface area contributed by atoms with Crippen LogP contribution in [0.1, 0.15) is 27.2 Å². The highest BCUT2D eigenvalue weighted by Crippen LogP contribution is 2.13. The third kappa shape index (κ3) is 4.17. The summed E-state index contributed by atoms with van der Waals surface area (Å²) in [6.45, 7) is 9.22. The van der Waals surface area contributed by atoms with Crippen LogP contribution in [0.3, 0.4) is 0 Å². The van der Waals surface area contributed by atoms with E-state index in [-0.39, 0.29) is 12.0 Å². The maximum atomic E-state index is 9.37. The second-order valence-corrected chi connectivity index (χ2v) is 3.35. The van der Waals surface area contributed by atoms with Crippen molar-refractivity contribution >= 4 is 0 Å². The smallest absolute Gasteiger partial charge is 0.0720 e. The van der Waals surface area contributed by atoms with Crippen LogP contribution < -0.4 is 0 Å². The summed E-state index contributed by atoms with van der Waals surface area (Å²) in [6.07, 6.45) is -0.393. The molecule has 0 aromatic rings. The van der Waals surface area contributed by atoms with Gasteiger partial charge in [0.1, 0.15) is 0 Å². The first-order chi connectivity index (χ1) is 4.95. The first-order valence-electron chi connectivity index (χ1n) is 3.99. The van der Waals surface area contributed by atoms with E-state index < -0.39 is 6.10 Å². The van der Waals surface area contributed by atoms with Crippen molar-refractivity contribution in [1.29, 1.82) is 0 Å². The van der Waals surface area contributed by atoms with Gasteiger partial charge in [0.15, 0.2) is 0 Å². The van der Waals surface area contributed by atoms with Gasteiger partial charge in [0.05, 0.1) is 12.2 Å². The highest BCUT2D eigenvalue weighted by molar-refractivity contribution is 5.01. The van der Waals surface area contributed by atoms with Gasteiger partial charge < -0.3 is 10.2 Å². The van der Waals surface area contributed by atoms with Crippen molar-refractivity contribution in [3.8, 4) is 0 Å². The summed E-state index contributed by atoms with van der Waals surface area (Å²) in [7, 11) is 0. The van der Waals surface area contributed by atoms with Crippen molar-refractivity contribution < 1.29 is 10.2 Å². The van der Waals surface area contributed by atoms with Gasteiger partial charge in [-0.25, -0.2) is 0 Å². The monoisotopic (exact) mass is 158 g/mol. The molecule has 0 aliphatic rings. The lowest BCUT2D eigenvalue weighted by Gasteiger charge is -2.17. The molecule has 11 heavy (non-hydrogen) atoms. The average Bonchev–Trinajstić information content (AvgIpc) is 1.87. The van der Waals surface area contributed by atoms with Crippen LogP contribution >= 0.6 is 0 Å². The van der Waals surface area contributed by atoms with E-state index in [1.165, 1.54) is 0 Å². The van der Waals surface area contributed by atoms with Gasteiger partial charge in [-0.15, -0.1) is 0 Å². The summed E-state index contributed by atoms with van der Waals surface area (Å²) in [4.78, 5) is 0. The standard InChI is InChI=1S/C9H18O2/c1-6(2)9(11)5-7(3)8(4)10/h6,8-11H,3,5H2,1-2,4H3/t8-,9+/m0/s1. The highest BCUT2D eigenvalue weighted by atomic mass is 16.3. The predicted molar refractivity (Wildman–Crippen MR) is 46.3 cm³/mol. The van der Waals surface area contributed by atoms with E-state index in [1.54, 1.807) is 6.92 Å². The topological polar surface area (TPSA) is 40.5 Å². The maximum absolute atomic E-state index is 9.37. The Kier molecular flexibility index (Phi) is 4.38. The first kappa shape index (κ1) is 10.7. The molecular weight excluding hydrogens is 140 g/mol. The zero-order chi connectivity index (χ0) is 9.02. The van der Waals surface area contributed by atoms with Crippen LogP contribution in [-0.2, 0) is 0 Å². The van der Waals surface area contributed by atoms with Crippen LogP contribution in [0.15, 0.2) is 12.2 Å². The number of hydrogen-bond acceptors (Lipinski definition) is 2. The maximum Gasteiger partial charge on any atom is 0.0720 e. The quantitative estimate of drug-likeness (QED) is 0.606. The Morgan fingerprint density at radius 3 is 2.00 bits per heavy atom. The first-order valence-corrected chi connectivity index (χ1v) is 3.99. The van der Waals surface area contributed by atoms with Crippen LogP contribution in [-0.4, -0.2) is 22.4 Å². The molecular formula is C9H18O2.